The van der Waals surface area contributed by atoms with Gasteiger partial charge in [-0.3, -0.25) is 4.79 Å². The normalized spacial score (nSPS) is 18.3. The van der Waals surface area contributed by atoms with Crippen LogP contribution in [0.1, 0.15) is 0 Å². The Balaban J connectivity index is 2.27. The number of aliphatic imine (C=N–C) groups is 1. The number of thioether (sulfide) groups is 1. The zero-order valence-corrected chi connectivity index (χ0v) is 9.79. The maximum atomic E-state index is 10.9. The van der Waals surface area contributed by atoms with E-state index < -0.39 is 0 Å². The lowest BCUT2D eigenvalue weighted by Crippen LogP contribution is -2.19. The molecule has 3 nitrogen and oxygen atoms in total. The molecule has 1 heterocycles. The van der Waals surface area contributed by atoms with Crippen molar-refractivity contribution in [1.82, 2.24) is 5.32 Å². The zero-order chi connectivity index (χ0) is 10.8. The Hall–Kier alpha value is -0.710. The second kappa shape index (κ2) is 4.43. The highest BCUT2D eigenvalue weighted by Gasteiger charge is 2.16. The summed E-state index contributed by atoms with van der Waals surface area (Å²) in [5.41, 5.74) is 0.610. The minimum Gasteiger partial charge on any atom is -0.304 e. The third kappa shape index (κ3) is 2.65. The van der Waals surface area contributed by atoms with E-state index in [0.717, 1.165) is 0 Å². The summed E-state index contributed by atoms with van der Waals surface area (Å²) < 4.78 is 0. The Labute approximate surface area is 101 Å². The van der Waals surface area contributed by atoms with E-state index in [9.17, 15) is 4.79 Å². The van der Waals surface area contributed by atoms with Crippen molar-refractivity contribution in [2.24, 2.45) is 4.99 Å². The van der Waals surface area contributed by atoms with Crippen LogP contribution in [0.2, 0.25) is 10.0 Å². The van der Waals surface area contributed by atoms with Gasteiger partial charge in [-0.2, -0.15) is 0 Å². The van der Waals surface area contributed by atoms with Crippen LogP contribution < -0.4 is 5.32 Å². The van der Waals surface area contributed by atoms with Gasteiger partial charge in [0.2, 0.25) is 0 Å². The summed E-state index contributed by atoms with van der Waals surface area (Å²) in [7, 11) is 0. The molecule has 1 aliphatic rings. The number of halogens is 2. The number of amidine groups is 1. The van der Waals surface area contributed by atoms with Gasteiger partial charge in [0, 0.05) is 5.02 Å². The summed E-state index contributed by atoms with van der Waals surface area (Å²) in [5.74, 6) is 1.17. The molecule has 0 unspecified atom stereocenters. The molecule has 2 rings (SSSR count). The van der Waals surface area contributed by atoms with Crippen molar-refractivity contribution in [2.45, 2.75) is 0 Å². The number of carbonyl (C=O) groups excluding carboxylic acids is 1. The fraction of sp³-hybridized carbons (Fsp3) is 0.111. The van der Waals surface area contributed by atoms with Gasteiger partial charge in [-0.1, -0.05) is 35.0 Å². The first-order valence-electron chi connectivity index (χ1n) is 4.11. The highest BCUT2D eigenvalue weighted by atomic mass is 35.5. The van der Waals surface area contributed by atoms with Gasteiger partial charge in [0.25, 0.3) is 5.24 Å². The Morgan fingerprint density at radius 1 is 1.40 bits per heavy atom. The summed E-state index contributed by atoms with van der Waals surface area (Å²) >= 11 is 12.9. The van der Waals surface area contributed by atoms with E-state index in [2.05, 4.69) is 10.3 Å². The summed E-state index contributed by atoms with van der Waals surface area (Å²) in [6, 6.07) is 5.04. The molecule has 0 atom stereocenters. The molecule has 1 fully saturated rings. The number of carbonyl (C=O) groups is 1. The molecule has 6 heteroatoms. The third-order valence-electron chi connectivity index (χ3n) is 1.75. The Morgan fingerprint density at radius 3 is 2.80 bits per heavy atom. The first-order valence-corrected chi connectivity index (χ1v) is 5.86. The molecule has 1 aromatic carbocycles. The van der Waals surface area contributed by atoms with Crippen LogP contribution in [-0.2, 0) is 0 Å². The van der Waals surface area contributed by atoms with Crippen LogP contribution in [0.4, 0.5) is 10.5 Å². The number of nitrogens with zero attached hydrogens (tertiary/aromatic N) is 1. The van der Waals surface area contributed by atoms with Crippen molar-refractivity contribution in [3.63, 3.8) is 0 Å². The molecule has 1 amide bonds. The van der Waals surface area contributed by atoms with Gasteiger partial charge in [-0.15, -0.1) is 0 Å². The predicted molar refractivity (Wildman–Crippen MR) is 64.5 cm³/mol. The quantitative estimate of drug-likeness (QED) is 0.840. The molecule has 1 aliphatic heterocycles. The first-order chi connectivity index (χ1) is 7.15. The molecule has 0 saturated carbocycles. The molecule has 0 aromatic heterocycles. The van der Waals surface area contributed by atoms with E-state index >= 15 is 0 Å². The molecule has 1 N–H and O–H groups in total. The fourth-order valence-electron chi connectivity index (χ4n) is 1.10. The lowest BCUT2D eigenvalue weighted by molar-refractivity contribution is 0.265. The number of hydrogen-bond acceptors (Lipinski definition) is 3. The van der Waals surface area contributed by atoms with Crippen LogP contribution in [0.5, 0.6) is 0 Å². The van der Waals surface area contributed by atoms with Gasteiger partial charge >= 0.3 is 0 Å². The van der Waals surface area contributed by atoms with E-state index in [1.54, 1.807) is 18.2 Å². The van der Waals surface area contributed by atoms with Crippen LogP contribution >= 0.6 is 35.0 Å². The number of amides is 1. The highest BCUT2D eigenvalue weighted by Crippen LogP contribution is 2.28. The molecular formula is C9H6Cl2N2OS. The van der Waals surface area contributed by atoms with Gasteiger partial charge in [0.05, 0.1) is 16.5 Å². The monoisotopic (exact) mass is 260 g/mol. The van der Waals surface area contributed by atoms with Gasteiger partial charge < -0.3 is 5.32 Å². The average Bonchev–Trinajstić information content (AvgIpc) is 2.56. The Morgan fingerprint density at radius 2 is 2.20 bits per heavy atom. The standard InChI is InChI=1S/C9H6Cl2N2OS/c10-5-1-2-7(6(11)3-5)12-8-4-15-9(14)13-8/h1-3H,4H2,(H,12,13,14). The SMILES string of the molecule is O=C1NC(=Nc2ccc(Cl)cc2Cl)CS1. The van der Waals surface area contributed by atoms with Crippen LogP contribution in [0.15, 0.2) is 23.2 Å². The van der Waals surface area contributed by atoms with Gasteiger partial charge in [0.15, 0.2) is 0 Å². The summed E-state index contributed by atoms with van der Waals surface area (Å²) in [6.07, 6.45) is 0. The van der Waals surface area contributed by atoms with Crippen molar-refractivity contribution in [2.75, 3.05) is 5.75 Å². The van der Waals surface area contributed by atoms with E-state index in [4.69, 9.17) is 23.2 Å². The Bertz CT molecular complexity index is 448. The topological polar surface area (TPSA) is 41.5 Å². The number of rotatable bonds is 1. The van der Waals surface area contributed by atoms with E-state index in [1.807, 2.05) is 0 Å². The smallest absolute Gasteiger partial charge is 0.284 e. The lowest BCUT2D eigenvalue weighted by atomic mass is 10.3. The largest absolute Gasteiger partial charge is 0.304 e. The van der Waals surface area contributed by atoms with Gasteiger partial charge in [0.1, 0.15) is 5.84 Å². The molecule has 78 valence electrons. The highest BCUT2D eigenvalue weighted by molar-refractivity contribution is 8.14. The van der Waals surface area contributed by atoms with Crippen molar-refractivity contribution in [3.8, 4) is 0 Å². The zero-order valence-electron chi connectivity index (χ0n) is 7.46. The van der Waals surface area contributed by atoms with Crippen molar-refractivity contribution >= 4 is 51.7 Å². The molecule has 0 aliphatic carbocycles. The Kier molecular flexibility index (Phi) is 3.19. The van der Waals surface area contributed by atoms with Crippen LogP contribution in [0.25, 0.3) is 0 Å². The van der Waals surface area contributed by atoms with E-state index in [-0.39, 0.29) is 5.24 Å². The van der Waals surface area contributed by atoms with Gasteiger partial charge in [-0.25, -0.2) is 4.99 Å². The van der Waals surface area contributed by atoms with Gasteiger partial charge in [-0.05, 0) is 18.2 Å². The molecule has 0 bridgehead atoms. The van der Waals surface area contributed by atoms with Crippen LogP contribution in [0, 0.1) is 0 Å². The minimum absolute atomic E-state index is 0.0844. The number of benzene rings is 1. The van der Waals surface area contributed by atoms with E-state index in [1.165, 1.54) is 11.8 Å². The molecule has 0 spiro atoms. The summed E-state index contributed by atoms with van der Waals surface area (Å²) in [4.78, 5) is 15.1. The maximum Gasteiger partial charge on any atom is 0.284 e. The maximum absolute atomic E-state index is 10.9. The van der Waals surface area contributed by atoms with Crippen LogP contribution in [0.3, 0.4) is 0 Å². The van der Waals surface area contributed by atoms with Crippen molar-refractivity contribution in [1.29, 1.82) is 0 Å². The van der Waals surface area contributed by atoms with Crippen LogP contribution in [-0.4, -0.2) is 16.8 Å². The fourth-order valence-corrected chi connectivity index (χ4v) is 2.15. The molecule has 1 saturated heterocycles. The summed E-state index contributed by atoms with van der Waals surface area (Å²) in [6.45, 7) is 0. The van der Waals surface area contributed by atoms with Crippen molar-refractivity contribution < 1.29 is 4.79 Å². The van der Waals surface area contributed by atoms with E-state index in [0.29, 0.717) is 27.3 Å². The molecule has 1 aromatic rings. The second-order valence-electron chi connectivity index (χ2n) is 2.86. The minimum atomic E-state index is -0.0844. The first kappa shape index (κ1) is 10.8. The molecule has 0 radical (unpaired) electrons. The molecular weight excluding hydrogens is 255 g/mol. The lowest BCUT2D eigenvalue weighted by Gasteiger charge is -2.00. The summed E-state index contributed by atoms with van der Waals surface area (Å²) in [5, 5.41) is 3.58. The predicted octanol–water partition coefficient (Wildman–Crippen LogP) is 3.48. The van der Waals surface area contributed by atoms with Crippen molar-refractivity contribution in [3.05, 3.63) is 28.2 Å². The third-order valence-corrected chi connectivity index (χ3v) is 3.07. The second-order valence-corrected chi connectivity index (χ2v) is 4.65. The number of hydrogen-bond donors (Lipinski definition) is 1. The average molecular weight is 261 g/mol. The number of nitrogens with one attached hydrogen (secondary N) is 1. The molecule has 15 heavy (non-hydrogen) atoms.